The van der Waals surface area contributed by atoms with Crippen LogP contribution >= 0.6 is 0 Å². The minimum Gasteiger partial charge on any atom is -0.355 e. The summed E-state index contributed by atoms with van der Waals surface area (Å²) in [5.41, 5.74) is 0.0828. The van der Waals surface area contributed by atoms with Crippen LogP contribution in [0.3, 0.4) is 0 Å². The van der Waals surface area contributed by atoms with Crippen LogP contribution in [0.2, 0.25) is 0 Å². The van der Waals surface area contributed by atoms with Crippen molar-refractivity contribution in [3.63, 3.8) is 0 Å². The number of anilines is 1. The molecule has 24 heavy (non-hydrogen) atoms. The number of alkyl halides is 3. The van der Waals surface area contributed by atoms with E-state index in [1.807, 2.05) is 11.1 Å². The molecule has 0 atom stereocenters. The molecule has 0 radical (unpaired) electrons. The molecular formula is C14H14F3N7. The molecule has 3 aromatic rings. The second-order valence-corrected chi connectivity index (χ2v) is 5.71. The van der Waals surface area contributed by atoms with E-state index in [9.17, 15) is 13.2 Å². The summed E-state index contributed by atoms with van der Waals surface area (Å²) in [6, 6.07) is 3.54. The van der Waals surface area contributed by atoms with Gasteiger partial charge in [-0.05, 0) is 25.0 Å². The van der Waals surface area contributed by atoms with Crippen molar-refractivity contribution < 1.29 is 13.2 Å². The zero-order valence-corrected chi connectivity index (χ0v) is 12.6. The Bertz CT molecular complexity index is 832. The molecule has 4 rings (SSSR count). The summed E-state index contributed by atoms with van der Waals surface area (Å²) in [7, 11) is 0. The van der Waals surface area contributed by atoms with Crippen molar-refractivity contribution in [1.82, 2.24) is 29.4 Å². The zero-order valence-electron chi connectivity index (χ0n) is 12.6. The van der Waals surface area contributed by atoms with Gasteiger partial charge in [-0.15, -0.1) is 15.3 Å². The molecule has 0 N–H and O–H groups in total. The summed E-state index contributed by atoms with van der Waals surface area (Å²) >= 11 is 0. The Morgan fingerprint density at radius 2 is 1.88 bits per heavy atom. The van der Waals surface area contributed by atoms with Crippen molar-refractivity contribution in [3.8, 4) is 0 Å². The average molecular weight is 337 g/mol. The molecular weight excluding hydrogens is 323 g/mol. The minimum absolute atomic E-state index is 0.0828. The molecule has 10 heteroatoms. The van der Waals surface area contributed by atoms with E-state index in [0.29, 0.717) is 24.9 Å². The normalized spacial score (nSPS) is 16.9. The Labute approximate surface area is 134 Å². The summed E-state index contributed by atoms with van der Waals surface area (Å²) in [4.78, 5) is 6.03. The second kappa shape index (κ2) is 5.46. The molecule has 1 aliphatic heterocycles. The van der Waals surface area contributed by atoms with E-state index < -0.39 is 12.0 Å². The molecule has 0 aromatic carbocycles. The SMILES string of the molecule is FC(F)(F)c1nnc2ccc(N3CCC(n4ccnc4)CC3)nn12. The van der Waals surface area contributed by atoms with Gasteiger partial charge in [-0.2, -0.15) is 17.7 Å². The van der Waals surface area contributed by atoms with Crippen molar-refractivity contribution in [2.45, 2.75) is 25.1 Å². The number of imidazole rings is 1. The number of aromatic nitrogens is 6. The van der Waals surface area contributed by atoms with E-state index >= 15 is 0 Å². The molecule has 0 spiro atoms. The van der Waals surface area contributed by atoms with Gasteiger partial charge in [0.05, 0.1) is 6.33 Å². The Balaban J connectivity index is 1.57. The molecule has 4 heterocycles. The molecule has 0 aliphatic carbocycles. The topological polar surface area (TPSA) is 64.1 Å². The first-order valence-electron chi connectivity index (χ1n) is 7.54. The zero-order chi connectivity index (χ0) is 16.7. The third-order valence-corrected chi connectivity index (χ3v) is 4.24. The van der Waals surface area contributed by atoms with Crippen LogP contribution < -0.4 is 4.90 Å². The lowest BCUT2D eigenvalue weighted by atomic mass is 10.1. The summed E-state index contributed by atoms with van der Waals surface area (Å²) in [6.07, 6.45) is 2.63. The smallest absolute Gasteiger partial charge is 0.355 e. The van der Waals surface area contributed by atoms with E-state index in [4.69, 9.17) is 0 Å². The minimum atomic E-state index is -4.58. The van der Waals surface area contributed by atoms with Gasteiger partial charge < -0.3 is 9.47 Å². The fraction of sp³-hybridized carbons (Fsp3) is 0.429. The predicted octanol–water partition coefficient (Wildman–Crippen LogP) is 2.18. The van der Waals surface area contributed by atoms with Crippen molar-refractivity contribution in [2.75, 3.05) is 18.0 Å². The van der Waals surface area contributed by atoms with Gasteiger partial charge in [0.25, 0.3) is 5.82 Å². The van der Waals surface area contributed by atoms with Gasteiger partial charge in [-0.1, -0.05) is 0 Å². The van der Waals surface area contributed by atoms with Gasteiger partial charge in [0.1, 0.15) is 5.82 Å². The lowest BCUT2D eigenvalue weighted by Gasteiger charge is -2.33. The van der Waals surface area contributed by atoms with E-state index in [0.717, 1.165) is 17.4 Å². The maximum atomic E-state index is 12.9. The molecule has 126 valence electrons. The van der Waals surface area contributed by atoms with Gasteiger partial charge in [-0.25, -0.2) is 4.98 Å². The largest absolute Gasteiger partial charge is 0.453 e. The predicted molar refractivity (Wildman–Crippen MR) is 78.5 cm³/mol. The van der Waals surface area contributed by atoms with Crippen molar-refractivity contribution >= 4 is 11.5 Å². The quantitative estimate of drug-likeness (QED) is 0.717. The van der Waals surface area contributed by atoms with Crippen LogP contribution in [-0.2, 0) is 6.18 Å². The number of halogens is 3. The highest BCUT2D eigenvalue weighted by Crippen LogP contribution is 2.29. The van der Waals surface area contributed by atoms with E-state index in [1.54, 1.807) is 18.6 Å². The Hall–Kier alpha value is -2.65. The van der Waals surface area contributed by atoms with E-state index in [2.05, 4.69) is 24.8 Å². The molecule has 0 amide bonds. The van der Waals surface area contributed by atoms with Gasteiger partial charge in [0.15, 0.2) is 5.65 Å². The Kier molecular flexibility index (Phi) is 3.39. The summed E-state index contributed by atoms with van der Waals surface area (Å²) in [5, 5.41) is 10.8. The maximum absolute atomic E-state index is 12.9. The van der Waals surface area contributed by atoms with Crippen molar-refractivity contribution in [2.24, 2.45) is 0 Å². The molecule has 0 bridgehead atoms. The lowest BCUT2D eigenvalue weighted by molar-refractivity contribution is -0.146. The number of piperidine rings is 1. The molecule has 1 aliphatic rings. The summed E-state index contributed by atoms with van der Waals surface area (Å²) in [5.74, 6) is -0.607. The molecule has 7 nitrogen and oxygen atoms in total. The average Bonchev–Trinajstić information content (AvgIpc) is 3.23. The number of hydrogen-bond donors (Lipinski definition) is 0. The van der Waals surface area contributed by atoms with Crippen LogP contribution in [0.4, 0.5) is 19.0 Å². The fourth-order valence-corrected chi connectivity index (χ4v) is 3.00. The summed E-state index contributed by atoms with van der Waals surface area (Å²) < 4.78 is 41.7. The standard InChI is InChI=1S/C14H14F3N7/c15-14(16,17)13-20-19-11-1-2-12(21-24(11)13)22-6-3-10(4-7-22)23-8-5-18-9-23/h1-2,5,8-10H,3-4,6-7H2. The molecule has 1 fully saturated rings. The second-order valence-electron chi connectivity index (χ2n) is 5.71. The van der Waals surface area contributed by atoms with Gasteiger partial charge >= 0.3 is 6.18 Å². The highest BCUT2D eigenvalue weighted by Gasteiger charge is 2.37. The van der Waals surface area contributed by atoms with Gasteiger partial charge in [-0.3, -0.25) is 0 Å². The first-order chi connectivity index (χ1) is 11.5. The number of fused-ring (bicyclic) bond motifs is 1. The van der Waals surface area contributed by atoms with Crippen LogP contribution in [0.25, 0.3) is 5.65 Å². The summed E-state index contributed by atoms with van der Waals surface area (Å²) in [6.45, 7) is 1.43. The number of hydrogen-bond acceptors (Lipinski definition) is 5. The third kappa shape index (κ3) is 2.57. The van der Waals surface area contributed by atoms with E-state index in [1.165, 1.54) is 6.07 Å². The Morgan fingerprint density at radius 1 is 1.08 bits per heavy atom. The monoisotopic (exact) mass is 337 g/mol. The highest BCUT2D eigenvalue weighted by molar-refractivity contribution is 5.46. The Morgan fingerprint density at radius 3 is 2.54 bits per heavy atom. The van der Waals surface area contributed by atoms with Crippen LogP contribution in [0.1, 0.15) is 24.7 Å². The van der Waals surface area contributed by atoms with E-state index in [-0.39, 0.29) is 5.65 Å². The molecule has 0 saturated carbocycles. The third-order valence-electron chi connectivity index (χ3n) is 4.24. The molecule has 0 unspecified atom stereocenters. The first kappa shape index (κ1) is 14.9. The molecule has 3 aromatic heterocycles. The van der Waals surface area contributed by atoms with Crippen molar-refractivity contribution in [1.29, 1.82) is 0 Å². The van der Waals surface area contributed by atoms with Crippen LogP contribution in [0, 0.1) is 0 Å². The van der Waals surface area contributed by atoms with Crippen LogP contribution in [-0.4, -0.2) is 42.5 Å². The van der Waals surface area contributed by atoms with Crippen LogP contribution in [0.15, 0.2) is 30.9 Å². The van der Waals surface area contributed by atoms with Crippen molar-refractivity contribution in [3.05, 3.63) is 36.7 Å². The maximum Gasteiger partial charge on any atom is 0.453 e. The van der Waals surface area contributed by atoms with Crippen LogP contribution in [0.5, 0.6) is 0 Å². The number of nitrogens with zero attached hydrogens (tertiary/aromatic N) is 7. The lowest BCUT2D eigenvalue weighted by Crippen LogP contribution is -2.35. The number of rotatable bonds is 2. The first-order valence-corrected chi connectivity index (χ1v) is 7.54. The molecule has 1 saturated heterocycles. The fourth-order valence-electron chi connectivity index (χ4n) is 3.00. The van der Waals surface area contributed by atoms with Gasteiger partial charge in [0, 0.05) is 31.5 Å². The highest BCUT2D eigenvalue weighted by atomic mass is 19.4. The van der Waals surface area contributed by atoms with Gasteiger partial charge in [0.2, 0.25) is 0 Å².